The van der Waals surface area contributed by atoms with E-state index in [1.807, 2.05) is 18.4 Å². The van der Waals surface area contributed by atoms with Gasteiger partial charge in [0.25, 0.3) is 5.91 Å². The fraction of sp³-hybridized carbons (Fsp3) is 0.500. The maximum absolute atomic E-state index is 11.9. The lowest BCUT2D eigenvalue weighted by atomic mass is 10.2. The van der Waals surface area contributed by atoms with Gasteiger partial charge in [0.1, 0.15) is 0 Å². The van der Waals surface area contributed by atoms with E-state index in [2.05, 4.69) is 5.43 Å². The molecule has 3 nitrogen and oxygen atoms in total. The SMILES string of the molecule is Cc1csc(C(=O)N2CCCCN2)c1. The first-order valence-corrected chi connectivity index (χ1v) is 5.76. The number of aryl methyl sites for hydroxylation is 1. The summed E-state index contributed by atoms with van der Waals surface area (Å²) in [4.78, 5) is 12.7. The molecule has 1 N–H and O–H groups in total. The zero-order valence-corrected chi connectivity index (χ0v) is 9.06. The molecule has 1 amide bonds. The van der Waals surface area contributed by atoms with Crippen LogP contribution in [0, 0.1) is 6.92 Å². The van der Waals surface area contributed by atoms with Crippen LogP contribution in [0.5, 0.6) is 0 Å². The third kappa shape index (κ3) is 1.96. The fourth-order valence-electron chi connectivity index (χ4n) is 1.54. The van der Waals surface area contributed by atoms with Gasteiger partial charge in [-0.1, -0.05) is 0 Å². The summed E-state index contributed by atoms with van der Waals surface area (Å²) in [6.45, 7) is 3.75. The van der Waals surface area contributed by atoms with Crippen LogP contribution in [-0.4, -0.2) is 24.0 Å². The van der Waals surface area contributed by atoms with Crippen molar-refractivity contribution in [3.05, 3.63) is 21.9 Å². The van der Waals surface area contributed by atoms with Crippen LogP contribution in [0.25, 0.3) is 0 Å². The average molecular weight is 210 g/mol. The van der Waals surface area contributed by atoms with Gasteiger partial charge in [0.2, 0.25) is 0 Å². The van der Waals surface area contributed by atoms with E-state index in [9.17, 15) is 4.79 Å². The standard InChI is InChI=1S/C10H14N2OS/c1-8-6-9(14-7-8)10(13)12-5-3-2-4-11-12/h6-7,11H,2-5H2,1H3. The number of hydrogen-bond acceptors (Lipinski definition) is 3. The van der Waals surface area contributed by atoms with E-state index in [-0.39, 0.29) is 5.91 Å². The molecule has 0 bridgehead atoms. The molecule has 0 unspecified atom stereocenters. The van der Waals surface area contributed by atoms with Crippen LogP contribution in [-0.2, 0) is 0 Å². The second-order valence-corrected chi connectivity index (χ2v) is 4.47. The van der Waals surface area contributed by atoms with Crippen molar-refractivity contribution in [1.29, 1.82) is 0 Å². The Kier molecular flexibility index (Phi) is 2.84. The quantitative estimate of drug-likeness (QED) is 0.766. The minimum absolute atomic E-state index is 0.114. The number of hydrazine groups is 1. The Labute approximate surface area is 87.7 Å². The number of nitrogens with zero attached hydrogens (tertiary/aromatic N) is 1. The number of rotatable bonds is 1. The Morgan fingerprint density at radius 2 is 2.43 bits per heavy atom. The van der Waals surface area contributed by atoms with Gasteiger partial charge in [0.15, 0.2) is 0 Å². The molecular weight excluding hydrogens is 196 g/mol. The Hall–Kier alpha value is -0.870. The van der Waals surface area contributed by atoms with Gasteiger partial charge in [-0.2, -0.15) is 0 Å². The zero-order chi connectivity index (χ0) is 9.97. The molecule has 0 radical (unpaired) electrons. The lowest BCUT2D eigenvalue weighted by Gasteiger charge is -2.27. The third-order valence-electron chi connectivity index (χ3n) is 2.30. The molecule has 0 aliphatic carbocycles. The molecule has 4 heteroatoms. The van der Waals surface area contributed by atoms with Crippen LogP contribution in [0.4, 0.5) is 0 Å². The maximum atomic E-state index is 11.9. The van der Waals surface area contributed by atoms with Gasteiger partial charge in [-0.15, -0.1) is 11.3 Å². The molecule has 1 aromatic rings. The Morgan fingerprint density at radius 1 is 1.57 bits per heavy atom. The number of thiophene rings is 1. The molecule has 2 rings (SSSR count). The third-order valence-corrected chi connectivity index (χ3v) is 3.33. The van der Waals surface area contributed by atoms with E-state index in [1.165, 1.54) is 11.3 Å². The van der Waals surface area contributed by atoms with Crippen molar-refractivity contribution in [2.75, 3.05) is 13.1 Å². The second kappa shape index (κ2) is 4.11. The number of nitrogens with one attached hydrogen (secondary N) is 1. The van der Waals surface area contributed by atoms with E-state index in [1.54, 1.807) is 5.01 Å². The normalized spacial score (nSPS) is 17.1. The predicted molar refractivity (Wildman–Crippen MR) is 57.3 cm³/mol. The first-order valence-electron chi connectivity index (χ1n) is 4.88. The van der Waals surface area contributed by atoms with Crippen LogP contribution >= 0.6 is 11.3 Å². The molecule has 0 saturated carbocycles. The minimum Gasteiger partial charge on any atom is -0.273 e. The summed E-state index contributed by atoms with van der Waals surface area (Å²) in [5, 5.41) is 3.74. The van der Waals surface area contributed by atoms with E-state index >= 15 is 0 Å². The molecule has 76 valence electrons. The van der Waals surface area contributed by atoms with Crippen LogP contribution in [0.15, 0.2) is 11.4 Å². The van der Waals surface area contributed by atoms with Crippen LogP contribution in [0.2, 0.25) is 0 Å². The summed E-state index contributed by atoms with van der Waals surface area (Å²) in [5.74, 6) is 0.114. The highest BCUT2D eigenvalue weighted by Gasteiger charge is 2.18. The van der Waals surface area contributed by atoms with Gasteiger partial charge in [0, 0.05) is 13.1 Å². The van der Waals surface area contributed by atoms with Gasteiger partial charge >= 0.3 is 0 Å². The molecular formula is C10H14N2OS. The van der Waals surface area contributed by atoms with Crippen molar-refractivity contribution in [3.8, 4) is 0 Å². The van der Waals surface area contributed by atoms with E-state index in [0.717, 1.165) is 36.4 Å². The largest absolute Gasteiger partial charge is 0.278 e. The van der Waals surface area contributed by atoms with Gasteiger partial charge in [-0.05, 0) is 36.8 Å². The molecule has 0 spiro atoms. The first-order chi connectivity index (χ1) is 6.77. The summed E-state index contributed by atoms with van der Waals surface area (Å²) in [6, 6.07) is 1.95. The van der Waals surface area contributed by atoms with Crippen molar-refractivity contribution in [1.82, 2.24) is 10.4 Å². The number of amides is 1. The van der Waals surface area contributed by atoms with Crippen LogP contribution in [0.1, 0.15) is 28.1 Å². The van der Waals surface area contributed by atoms with Crippen molar-refractivity contribution >= 4 is 17.2 Å². The van der Waals surface area contributed by atoms with Crippen molar-refractivity contribution in [3.63, 3.8) is 0 Å². The van der Waals surface area contributed by atoms with Gasteiger partial charge < -0.3 is 0 Å². The van der Waals surface area contributed by atoms with E-state index in [4.69, 9.17) is 0 Å². The molecule has 14 heavy (non-hydrogen) atoms. The van der Waals surface area contributed by atoms with Gasteiger partial charge in [-0.25, -0.2) is 5.43 Å². The molecule has 1 fully saturated rings. The fourth-order valence-corrected chi connectivity index (χ4v) is 2.38. The van der Waals surface area contributed by atoms with Crippen molar-refractivity contribution in [2.24, 2.45) is 0 Å². The minimum atomic E-state index is 0.114. The van der Waals surface area contributed by atoms with Crippen molar-refractivity contribution in [2.45, 2.75) is 19.8 Å². The first kappa shape index (κ1) is 9.68. The number of carbonyl (C=O) groups is 1. The summed E-state index contributed by atoms with van der Waals surface area (Å²) >= 11 is 1.52. The number of carbonyl (C=O) groups excluding carboxylic acids is 1. The Bertz CT molecular complexity index is 329. The highest BCUT2D eigenvalue weighted by Crippen LogP contribution is 2.16. The van der Waals surface area contributed by atoms with E-state index in [0.29, 0.717) is 0 Å². The molecule has 1 aliphatic heterocycles. The molecule has 0 atom stereocenters. The molecule has 1 aliphatic rings. The van der Waals surface area contributed by atoms with Gasteiger partial charge in [-0.3, -0.25) is 9.80 Å². The molecule has 0 aromatic carbocycles. The summed E-state index contributed by atoms with van der Waals surface area (Å²) in [7, 11) is 0. The Morgan fingerprint density at radius 3 is 3.00 bits per heavy atom. The zero-order valence-electron chi connectivity index (χ0n) is 8.25. The highest BCUT2D eigenvalue weighted by atomic mass is 32.1. The number of hydrogen-bond donors (Lipinski definition) is 1. The summed E-state index contributed by atoms with van der Waals surface area (Å²) < 4.78 is 0. The van der Waals surface area contributed by atoms with E-state index < -0.39 is 0 Å². The van der Waals surface area contributed by atoms with Crippen molar-refractivity contribution < 1.29 is 4.79 Å². The Balaban J connectivity index is 2.07. The lowest BCUT2D eigenvalue weighted by molar-refractivity contribution is 0.0616. The topological polar surface area (TPSA) is 32.3 Å². The predicted octanol–water partition coefficient (Wildman–Crippen LogP) is 1.80. The monoisotopic (exact) mass is 210 g/mol. The second-order valence-electron chi connectivity index (χ2n) is 3.56. The highest BCUT2D eigenvalue weighted by molar-refractivity contribution is 7.12. The smallest absolute Gasteiger partial charge is 0.273 e. The molecule has 1 aromatic heterocycles. The molecule has 1 saturated heterocycles. The van der Waals surface area contributed by atoms with Gasteiger partial charge in [0.05, 0.1) is 4.88 Å². The summed E-state index contributed by atoms with van der Waals surface area (Å²) in [6.07, 6.45) is 2.26. The van der Waals surface area contributed by atoms with Crippen LogP contribution < -0.4 is 5.43 Å². The maximum Gasteiger partial charge on any atom is 0.278 e. The lowest BCUT2D eigenvalue weighted by Crippen LogP contribution is -2.46. The average Bonchev–Trinajstić information content (AvgIpc) is 2.65. The van der Waals surface area contributed by atoms with Crippen LogP contribution in [0.3, 0.4) is 0 Å². The summed E-state index contributed by atoms with van der Waals surface area (Å²) in [5.41, 5.74) is 4.28. The molecule has 2 heterocycles.